The number of hydrogen-bond acceptors (Lipinski definition) is 4. The van der Waals surface area contributed by atoms with Gasteiger partial charge in [0.15, 0.2) is 0 Å². The predicted molar refractivity (Wildman–Crippen MR) is 113 cm³/mol. The fourth-order valence-electron chi connectivity index (χ4n) is 3.83. The Labute approximate surface area is 171 Å². The van der Waals surface area contributed by atoms with Gasteiger partial charge in [-0.3, -0.25) is 4.79 Å². The molecular formula is C23H27N5O. The van der Waals surface area contributed by atoms with Gasteiger partial charge in [-0.1, -0.05) is 48.5 Å². The molecule has 1 amide bonds. The molecule has 1 atom stereocenters. The van der Waals surface area contributed by atoms with Crippen LogP contribution in [0.2, 0.25) is 0 Å². The van der Waals surface area contributed by atoms with Gasteiger partial charge >= 0.3 is 0 Å². The molecule has 1 aliphatic rings. The van der Waals surface area contributed by atoms with Crippen LogP contribution < -0.4 is 0 Å². The van der Waals surface area contributed by atoms with Crippen LogP contribution in [0, 0.1) is 0 Å². The van der Waals surface area contributed by atoms with Crippen LogP contribution in [0.5, 0.6) is 0 Å². The van der Waals surface area contributed by atoms with Crippen molar-refractivity contribution in [2.24, 2.45) is 0 Å². The lowest BCUT2D eigenvalue weighted by molar-refractivity contribution is 0.0725. The van der Waals surface area contributed by atoms with Gasteiger partial charge in [-0.15, -0.1) is 5.10 Å². The number of aromatic nitrogens is 3. The van der Waals surface area contributed by atoms with E-state index in [1.807, 2.05) is 60.3 Å². The lowest BCUT2D eigenvalue weighted by atomic mass is 10.1. The zero-order chi connectivity index (χ0) is 20.2. The summed E-state index contributed by atoms with van der Waals surface area (Å²) in [7, 11) is 3.95. The van der Waals surface area contributed by atoms with Gasteiger partial charge in [-0.2, -0.15) is 0 Å². The van der Waals surface area contributed by atoms with E-state index in [2.05, 4.69) is 34.2 Å². The molecular weight excluding hydrogens is 362 g/mol. The van der Waals surface area contributed by atoms with Crippen molar-refractivity contribution >= 4 is 5.91 Å². The Hall–Kier alpha value is -2.99. The van der Waals surface area contributed by atoms with Gasteiger partial charge in [0.25, 0.3) is 5.91 Å². The number of amides is 1. The van der Waals surface area contributed by atoms with Crippen LogP contribution in [0.15, 0.2) is 60.7 Å². The molecule has 150 valence electrons. The van der Waals surface area contributed by atoms with Crippen LogP contribution in [0.3, 0.4) is 0 Å². The molecule has 0 radical (unpaired) electrons. The van der Waals surface area contributed by atoms with Crippen molar-refractivity contribution in [1.29, 1.82) is 0 Å². The smallest absolute Gasteiger partial charge is 0.293 e. The van der Waals surface area contributed by atoms with E-state index in [1.165, 1.54) is 5.56 Å². The zero-order valence-corrected chi connectivity index (χ0v) is 17.0. The van der Waals surface area contributed by atoms with E-state index in [0.717, 1.165) is 43.9 Å². The highest BCUT2D eigenvalue weighted by Crippen LogP contribution is 2.17. The molecule has 2 aromatic carbocycles. The topological polar surface area (TPSA) is 54.3 Å². The molecule has 6 nitrogen and oxygen atoms in total. The molecule has 1 fully saturated rings. The number of rotatable bonds is 6. The molecule has 0 saturated carbocycles. The first-order chi connectivity index (χ1) is 14.1. The summed E-state index contributed by atoms with van der Waals surface area (Å²) in [5, 5.41) is 4.60. The number of benzene rings is 2. The summed E-state index contributed by atoms with van der Waals surface area (Å²) in [6, 6.07) is 20.4. The molecule has 0 bridgehead atoms. The lowest BCUT2D eigenvalue weighted by Crippen LogP contribution is -2.39. The van der Waals surface area contributed by atoms with Gasteiger partial charge in [0.05, 0.1) is 5.69 Å². The fourth-order valence-corrected chi connectivity index (χ4v) is 3.83. The maximum Gasteiger partial charge on any atom is 0.293 e. The van der Waals surface area contributed by atoms with Gasteiger partial charge < -0.3 is 9.80 Å². The Morgan fingerprint density at radius 1 is 1.07 bits per heavy atom. The van der Waals surface area contributed by atoms with Crippen molar-refractivity contribution in [3.8, 4) is 5.69 Å². The molecule has 6 heteroatoms. The molecule has 4 rings (SSSR count). The summed E-state index contributed by atoms with van der Waals surface area (Å²) in [5.74, 6) is 0.968. The van der Waals surface area contributed by atoms with Gasteiger partial charge in [-0.05, 0) is 44.1 Å². The lowest BCUT2D eigenvalue weighted by Gasteiger charge is -2.22. The zero-order valence-electron chi connectivity index (χ0n) is 17.0. The van der Waals surface area contributed by atoms with Crippen LogP contribution in [0.1, 0.15) is 28.4 Å². The van der Waals surface area contributed by atoms with Gasteiger partial charge in [0.2, 0.25) is 5.82 Å². The quantitative estimate of drug-likeness (QED) is 0.651. The average Bonchev–Trinajstić information content (AvgIpc) is 3.39. The molecule has 0 spiro atoms. The first-order valence-corrected chi connectivity index (χ1v) is 10.1. The molecule has 2 heterocycles. The first kappa shape index (κ1) is 19.3. The van der Waals surface area contributed by atoms with E-state index >= 15 is 0 Å². The highest BCUT2D eigenvalue weighted by Gasteiger charge is 2.29. The van der Waals surface area contributed by atoms with Crippen LogP contribution in [-0.4, -0.2) is 63.7 Å². The summed E-state index contributed by atoms with van der Waals surface area (Å²) in [4.78, 5) is 21.8. The number of likely N-dealkylation sites (N-methyl/N-ethyl adjacent to an activating group) is 2. The SMILES string of the molecule is CN1CC[C@H](N(C)C(=O)c2nc(CCc3ccccc3)n(-c3ccccc3)n2)C1. The van der Waals surface area contributed by atoms with E-state index in [4.69, 9.17) is 0 Å². The molecule has 0 unspecified atom stereocenters. The first-order valence-electron chi connectivity index (χ1n) is 10.1. The van der Waals surface area contributed by atoms with Crippen molar-refractivity contribution in [1.82, 2.24) is 24.6 Å². The van der Waals surface area contributed by atoms with Gasteiger partial charge in [-0.25, -0.2) is 9.67 Å². The average molecular weight is 390 g/mol. The summed E-state index contributed by atoms with van der Waals surface area (Å²) in [6.07, 6.45) is 2.55. The minimum Gasteiger partial charge on any atom is -0.335 e. The third-order valence-corrected chi connectivity index (χ3v) is 5.58. The molecule has 0 aliphatic carbocycles. The monoisotopic (exact) mass is 389 g/mol. The van der Waals surface area contributed by atoms with Crippen molar-refractivity contribution in [3.05, 3.63) is 77.9 Å². The van der Waals surface area contributed by atoms with Crippen molar-refractivity contribution in [2.75, 3.05) is 27.2 Å². The van der Waals surface area contributed by atoms with Crippen LogP contribution in [0.25, 0.3) is 5.69 Å². The largest absolute Gasteiger partial charge is 0.335 e. The maximum absolute atomic E-state index is 13.1. The summed E-state index contributed by atoms with van der Waals surface area (Å²) in [5.41, 5.74) is 2.17. The van der Waals surface area contributed by atoms with Crippen molar-refractivity contribution in [3.63, 3.8) is 0 Å². The Balaban J connectivity index is 1.59. The van der Waals surface area contributed by atoms with Crippen LogP contribution in [-0.2, 0) is 12.8 Å². The van der Waals surface area contributed by atoms with Crippen LogP contribution in [0.4, 0.5) is 0 Å². The maximum atomic E-state index is 13.1. The number of nitrogens with zero attached hydrogens (tertiary/aromatic N) is 5. The molecule has 1 aromatic heterocycles. The van der Waals surface area contributed by atoms with E-state index in [-0.39, 0.29) is 17.8 Å². The standard InChI is InChI=1S/C23H27N5O/c1-26-16-15-20(17-26)27(2)23(29)22-24-21(14-13-18-9-5-3-6-10-18)28(25-22)19-11-7-4-8-12-19/h3-12,20H,13-17H2,1-2H3/t20-/m0/s1. The summed E-state index contributed by atoms with van der Waals surface area (Å²) in [6.45, 7) is 1.90. The summed E-state index contributed by atoms with van der Waals surface area (Å²) < 4.78 is 1.81. The number of aryl methyl sites for hydroxylation is 2. The molecule has 0 N–H and O–H groups in total. The number of likely N-dealkylation sites (tertiary alicyclic amines) is 1. The van der Waals surface area contributed by atoms with E-state index in [9.17, 15) is 4.79 Å². The number of carbonyl (C=O) groups is 1. The van der Waals surface area contributed by atoms with Gasteiger partial charge in [0.1, 0.15) is 5.82 Å². The number of carbonyl (C=O) groups excluding carboxylic acids is 1. The highest BCUT2D eigenvalue weighted by atomic mass is 16.2. The third kappa shape index (κ3) is 4.38. The number of para-hydroxylation sites is 1. The summed E-state index contributed by atoms with van der Waals surface area (Å²) >= 11 is 0. The molecule has 3 aromatic rings. The second kappa shape index (κ2) is 8.57. The van der Waals surface area contributed by atoms with E-state index in [1.54, 1.807) is 4.90 Å². The molecule has 1 saturated heterocycles. The van der Waals surface area contributed by atoms with Gasteiger partial charge in [0, 0.05) is 26.1 Å². The normalized spacial score (nSPS) is 16.8. The third-order valence-electron chi connectivity index (χ3n) is 5.58. The predicted octanol–water partition coefficient (Wildman–Crippen LogP) is 2.83. The van der Waals surface area contributed by atoms with E-state index < -0.39 is 0 Å². The van der Waals surface area contributed by atoms with Crippen molar-refractivity contribution in [2.45, 2.75) is 25.3 Å². The highest BCUT2D eigenvalue weighted by molar-refractivity contribution is 5.90. The fraction of sp³-hybridized carbons (Fsp3) is 0.348. The Bertz CT molecular complexity index is 954. The minimum absolute atomic E-state index is 0.110. The molecule has 1 aliphatic heterocycles. The minimum atomic E-state index is -0.110. The van der Waals surface area contributed by atoms with E-state index in [0.29, 0.717) is 0 Å². The van der Waals surface area contributed by atoms with Crippen molar-refractivity contribution < 1.29 is 4.79 Å². The Kier molecular flexibility index (Phi) is 5.71. The molecule has 29 heavy (non-hydrogen) atoms. The number of hydrogen-bond donors (Lipinski definition) is 0. The second-order valence-electron chi connectivity index (χ2n) is 7.71. The Morgan fingerprint density at radius 2 is 1.76 bits per heavy atom. The second-order valence-corrected chi connectivity index (χ2v) is 7.71. The Morgan fingerprint density at radius 3 is 2.41 bits per heavy atom. The van der Waals surface area contributed by atoms with Crippen LogP contribution >= 0.6 is 0 Å².